The van der Waals surface area contributed by atoms with Gasteiger partial charge in [0.05, 0.1) is 0 Å². The number of fused-ring (bicyclic) bond motifs is 1. The summed E-state index contributed by atoms with van der Waals surface area (Å²) in [5.41, 5.74) is 17.9. The molecule has 0 nitrogen and oxygen atoms in total. The van der Waals surface area contributed by atoms with Gasteiger partial charge in [0, 0.05) is 0 Å². The van der Waals surface area contributed by atoms with E-state index in [9.17, 15) is 0 Å². The van der Waals surface area contributed by atoms with Gasteiger partial charge in [-0.05, 0) is 0 Å². The molecule has 0 bridgehead atoms. The van der Waals surface area contributed by atoms with Gasteiger partial charge in [-0.2, -0.15) is 0 Å². The molecule has 0 N–H and O–H groups in total. The molecule has 2 atom stereocenters. The molecule has 33 heavy (non-hydrogen) atoms. The Morgan fingerprint density at radius 3 is 1.79 bits per heavy atom. The molecule has 172 valence electrons. The van der Waals surface area contributed by atoms with E-state index < -0.39 is 20.4 Å². The third-order valence-electron chi connectivity index (χ3n) is 8.97. The van der Waals surface area contributed by atoms with Gasteiger partial charge in [0.25, 0.3) is 0 Å². The second kappa shape index (κ2) is 9.09. The molecule has 0 saturated heterocycles. The third kappa shape index (κ3) is 3.81. The van der Waals surface area contributed by atoms with Crippen molar-refractivity contribution in [2.45, 2.75) is 79.0 Å². The fraction of sp³-hybridized carbons (Fsp3) is 0.419. The van der Waals surface area contributed by atoms with E-state index in [1.165, 1.54) is 44.5 Å². The maximum absolute atomic E-state index is 2.75. The standard InChI is InChI=1S/C20H21.C9H13.C2H6Si.Zr/c1-12-13(2)15(4)20(16(5)14(12)3)19-11-10-17-8-6-7-9-18(17)19;1-6-5-7(2)9(4)8(6)3;1-3-2;/h6-11H,1-5H3;6H,1-4H3;1-2H3;. The van der Waals surface area contributed by atoms with Gasteiger partial charge < -0.3 is 0 Å². The van der Waals surface area contributed by atoms with Gasteiger partial charge in [0.1, 0.15) is 0 Å². The van der Waals surface area contributed by atoms with Crippen molar-refractivity contribution in [3.05, 3.63) is 94.8 Å². The first-order chi connectivity index (χ1) is 15.5. The Kier molecular flexibility index (Phi) is 6.85. The van der Waals surface area contributed by atoms with Crippen molar-refractivity contribution in [1.29, 1.82) is 0 Å². The van der Waals surface area contributed by atoms with Gasteiger partial charge in [-0.15, -0.1) is 0 Å². The molecule has 2 aromatic carbocycles. The van der Waals surface area contributed by atoms with E-state index in [1.807, 2.05) is 3.28 Å². The first-order valence-corrected chi connectivity index (χ1v) is 21.3. The predicted molar refractivity (Wildman–Crippen MR) is 144 cm³/mol. The van der Waals surface area contributed by atoms with Gasteiger partial charge in [-0.1, -0.05) is 0 Å². The molecule has 0 fully saturated rings. The van der Waals surface area contributed by atoms with Crippen LogP contribution in [0.1, 0.15) is 75.8 Å². The van der Waals surface area contributed by atoms with Crippen LogP contribution in [-0.4, -0.2) is 5.43 Å². The van der Waals surface area contributed by atoms with Gasteiger partial charge >= 0.3 is 211 Å². The SMILES string of the molecule is CC1=C(C)C(C)[C]([Zr]([CH]2C=C(c3c(C)c(C)c(C)c(C)c3C)c3ccccc32)=[Si](C)C)=C1C. The zero-order chi connectivity index (χ0) is 24.4. The molecule has 0 radical (unpaired) electrons. The van der Waals surface area contributed by atoms with Crippen molar-refractivity contribution in [2.75, 3.05) is 0 Å². The molecular weight excluding hydrogens is 492 g/mol. The molecule has 2 aliphatic carbocycles. The molecule has 2 aliphatic rings. The summed E-state index contributed by atoms with van der Waals surface area (Å²) in [5.74, 6) is 0.649. The van der Waals surface area contributed by atoms with Crippen LogP contribution in [0.5, 0.6) is 0 Å². The van der Waals surface area contributed by atoms with Crippen molar-refractivity contribution in [3.8, 4) is 0 Å². The Balaban J connectivity index is 1.99. The topological polar surface area (TPSA) is 0 Å². The summed E-state index contributed by atoms with van der Waals surface area (Å²) in [6, 6.07) is 9.38. The third-order valence-corrected chi connectivity index (χ3v) is 27.5. The monoisotopic (exact) mass is 530 g/mol. The Hall–Kier alpha value is -1.24. The Bertz CT molecular complexity index is 1280. The van der Waals surface area contributed by atoms with Crippen LogP contribution in [0.15, 0.2) is 50.3 Å². The molecule has 0 aromatic heterocycles. The molecule has 0 heterocycles. The van der Waals surface area contributed by atoms with E-state index in [1.54, 1.807) is 22.3 Å². The van der Waals surface area contributed by atoms with Crippen LogP contribution in [0.2, 0.25) is 13.1 Å². The van der Waals surface area contributed by atoms with Crippen molar-refractivity contribution < 1.29 is 20.4 Å². The average Bonchev–Trinajstić information content (AvgIpc) is 3.24. The fourth-order valence-corrected chi connectivity index (χ4v) is 25.9. The van der Waals surface area contributed by atoms with Crippen LogP contribution in [0.25, 0.3) is 5.57 Å². The van der Waals surface area contributed by atoms with E-state index in [2.05, 4.69) is 106 Å². The molecule has 0 amide bonds. The number of hydrogen-bond donors (Lipinski definition) is 0. The molecule has 0 aliphatic heterocycles. The average molecular weight is 532 g/mol. The van der Waals surface area contributed by atoms with Crippen molar-refractivity contribution in [3.63, 3.8) is 0 Å². The van der Waals surface area contributed by atoms with Gasteiger partial charge in [0.15, 0.2) is 0 Å². The fourth-order valence-electron chi connectivity index (χ4n) is 6.27. The minimum absolute atomic E-state index is 0.372. The Morgan fingerprint density at radius 2 is 1.27 bits per heavy atom. The van der Waals surface area contributed by atoms with E-state index in [-0.39, 0.29) is 5.43 Å². The van der Waals surface area contributed by atoms with Crippen molar-refractivity contribution in [1.82, 2.24) is 0 Å². The Labute approximate surface area is 210 Å². The van der Waals surface area contributed by atoms with Crippen LogP contribution in [0.3, 0.4) is 0 Å². The van der Waals surface area contributed by atoms with E-state index in [0.717, 1.165) is 0 Å². The zero-order valence-corrected chi connectivity index (χ0v) is 26.0. The molecular formula is C31H40SiZr. The summed E-state index contributed by atoms with van der Waals surface area (Å²) in [4.78, 5) is 0. The molecule has 2 unspecified atom stereocenters. The van der Waals surface area contributed by atoms with Crippen LogP contribution in [0.4, 0.5) is 0 Å². The number of allylic oxidation sites excluding steroid dienone is 5. The Morgan fingerprint density at radius 1 is 0.727 bits per heavy atom. The first-order valence-electron chi connectivity index (χ1n) is 12.4. The summed E-state index contributed by atoms with van der Waals surface area (Å²) in [5, 5.41) is 0. The number of rotatable bonds is 3. The normalized spacial score (nSPS) is 19.9. The molecule has 0 spiro atoms. The summed E-state index contributed by atoms with van der Waals surface area (Å²) in [6.07, 6.45) is 2.75. The van der Waals surface area contributed by atoms with Crippen LogP contribution >= 0.6 is 0 Å². The molecule has 4 rings (SSSR count). The number of benzene rings is 2. The van der Waals surface area contributed by atoms with E-state index in [0.29, 0.717) is 9.54 Å². The van der Waals surface area contributed by atoms with Crippen molar-refractivity contribution in [2.24, 2.45) is 5.92 Å². The summed E-state index contributed by atoms with van der Waals surface area (Å²) >= 11 is -1.96. The zero-order valence-electron chi connectivity index (χ0n) is 22.5. The molecule has 2 heteroatoms. The second-order valence-corrected chi connectivity index (χ2v) is 28.1. The molecule has 2 aromatic rings. The predicted octanol–water partition coefficient (Wildman–Crippen LogP) is 8.84. The quantitative estimate of drug-likeness (QED) is 0.347. The summed E-state index contributed by atoms with van der Waals surface area (Å²) in [7, 11) is 0. The first kappa shape index (κ1) is 24.9. The second-order valence-electron chi connectivity index (χ2n) is 10.6. The summed E-state index contributed by atoms with van der Waals surface area (Å²) in [6.45, 7) is 26.5. The summed E-state index contributed by atoms with van der Waals surface area (Å²) < 4.78 is 2.57. The van der Waals surface area contributed by atoms with Gasteiger partial charge in [-0.25, -0.2) is 0 Å². The molecule has 0 saturated carbocycles. The van der Waals surface area contributed by atoms with Gasteiger partial charge in [-0.3, -0.25) is 0 Å². The maximum atomic E-state index is 2.75. The van der Waals surface area contributed by atoms with Crippen LogP contribution in [0, 0.1) is 40.5 Å². The van der Waals surface area contributed by atoms with Crippen molar-refractivity contribution >= 4 is 11.0 Å². The minimum atomic E-state index is -1.96. The van der Waals surface area contributed by atoms with Crippen LogP contribution < -0.4 is 0 Å². The van der Waals surface area contributed by atoms with Gasteiger partial charge in [0.2, 0.25) is 0 Å². The van der Waals surface area contributed by atoms with E-state index in [4.69, 9.17) is 0 Å². The van der Waals surface area contributed by atoms with Crippen LogP contribution in [-0.2, 0) is 20.4 Å². The number of hydrogen-bond acceptors (Lipinski definition) is 0. The van der Waals surface area contributed by atoms with E-state index >= 15 is 0 Å².